The standard InChI is InChI=1S/C22H26ClN3O2.2ClH/c1-15(2)21(27)26-22(12-7-13-24,17-8-5-4-6-9-17)28-20(25-26)19-14-18(23)11-10-16(19)3;;/h4-6,8-11,14-15H,7,12-13,24H2,1-3H3;2*1H. The topological polar surface area (TPSA) is 67.9 Å². The number of carbonyl (C=O) groups excluding carboxylic acids is 1. The van der Waals surface area contributed by atoms with E-state index in [-0.39, 0.29) is 36.6 Å². The van der Waals surface area contributed by atoms with E-state index in [0.717, 1.165) is 16.7 Å². The summed E-state index contributed by atoms with van der Waals surface area (Å²) in [5.41, 5.74) is 7.40. The first-order chi connectivity index (χ1) is 13.4. The molecule has 0 fully saturated rings. The lowest BCUT2D eigenvalue weighted by atomic mass is 9.95. The zero-order chi connectivity index (χ0) is 20.3. The van der Waals surface area contributed by atoms with E-state index in [0.29, 0.717) is 30.3 Å². The van der Waals surface area contributed by atoms with Crippen molar-refractivity contribution < 1.29 is 9.53 Å². The highest BCUT2D eigenvalue weighted by Gasteiger charge is 2.50. The highest BCUT2D eigenvalue weighted by molar-refractivity contribution is 6.31. The first-order valence-electron chi connectivity index (χ1n) is 9.53. The van der Waals surface area contributed by atoms with E-state index in [1.165, 1.54) is 5.01 Å². The minimum atomic E-state index is -1.02. The van der Waals surface area contributed by atoms with Gasteiger partial charge in [-0.25, -0.2) is 0 Å². The van der Waals surface area contributed by atoms with Crippen LogP contribution in [0.4, 0.5) is 0 Å². The molecule has 2 aromatic rings. The van der Waals surface area contributed by atoms with E-state index in [9.17, 15) is 4.79 Å². The second-order valence-corrected chi connectivity index (χ2v) is 7.75. The van der Waals surface area contributed by atoms with Gasteiger partial charge in [-0.05, 0) is 37.6 Å². The molecule has 1 unspecified atom stereocenters. The largest absolute Gasteiger partial charge is 0.443 e. The average Bonchev–Trinajstić information content (AvgIpc) is 3.08. The Morgan fingerprint density at radius 2 is 1.87 bits per heavy atom. The molecular formula is C22H28Cl3N3O2. The summed E-state index contributed by atoms with van der Waals surface area (Å²) < 4.78 is 6.48. The second kappa shape index (κ2) is 11.0. The van der Waals surface area contributed by atoms with E-state index in [4.69, 9.17) is 22.1 Å². The molecule has 3 rings (SSSR count). The molecule has 2 N–H and O–H groups in total. The predicted octanol–water partition coefficient (Wildman–Crippen LogP) is 5.26. The second-order valence-electron chi connectivity index (χ2n) is 7.31. The maximum Gasteiger partial charge on any atom is 0.249 e. The van der Waals surface area contributed by atoms with Crippen LogP contribution in [0, 0.1) is 12.8 Å². The van der Waals surface area contributed by atoms with Gasteiger partial charge in [0.05, 0.1) is 0 Å². The fourth-order valence-electron chi connectivity index (χ4n) is 3.32. The molecule has 8 heteroatoms. The van der Waals surface area contributed by atoms with Gasteiger partial charge in [-0.3, -0.25) is 4.79 Å². The van der Waals surface area contributed by atoms with Gasteiger partial charge in [0.2, 0.25) is 17.5 Å². The average molecular weight is 473 g/mol. The summed E-state index contributed by atoms with van der Waals surface area (Å²) in [5, 5.41) is 6.73. The normalized spacial score (nSPS) is 17.7. The molecule has 0 aliphatic carbocycles. The number of benzene rings is 2. The van der Waals surface area contributed by atoms with Crippen LogP contribution in [-0.2, 0) is 15.3 Å². The minimum absolute atomic E-state index is 0. The van der Waals surface area contributed by atoms with Crippen LogP contribution in [0.5, 0.6) is 0 Å². The van der Waals surface area contributed by atoms with Crippen molar-refractivity contribution in [3.05, 3.63) is 70.2 Å². The summed E-state index contributed by atoms with van der Waals surface area (Å²) in [4.78, 5) is 13.1. The fourth-order valence-corrected chi connectivity index (χ4v) is 3.50. The quantitative estimate of drug-likeness (QED) is 0.623. The van der Waals surface area contributed by atoms with Gasteiger partial charge in [-0.2, -0.15) is 5.01 Å². The maximum absolute atomic E-state index is 13.1. The van der Waals surface area contributed by atoms with E-state index >= 15 is 0 Å². The van der Waals surface area contributed by atoms with Gasteiger partial charge in [0.1, 0.15) is 0 Å². The Morgan fingerprint density at radius 3 is 2.47 bits per heavy atom. The number of ether oxygens (including phenoxy) is 1. The molecule has 1 aliphatic rings. The molecule has 0 bridgehead atoms. The lowest BCUT2D eigenvalue weighted by molar-refractivity contribution is -0.156. The Balaban J connectivity index is 0.00000225. The smallest absolute Gasteiger partial charge is 0.249 e. The number of amides is 1. The third-order valence-electron chi connectivity index (χ3n) is 4.88. The molecule has 1 atom stereocenters. The molecule has 0 radical (unpaired) electrons. The van der Waals surface area contributed by atoms with Crippen molar-refractivity contribution in [1.82, 2.24) is 5.01 Å². The highest BCUT2D eigenvalue weighted by Crippen LogP contribution is 2.41. The van der Waals surface area contributed by atoms with E-state index in [1.807, 2.05) is 69.3 Å². The molecule has 1 amide bonds. The zero-order valence-electron chi connectivity index (χ0n) is 17.3. The number of hydrogen-bond acceptors (Lipinski definition) is 4. The molecule has 0 aromatic heterocycles. The van der Waals surface area contributed by atoms with Gasteiger partial charge in [0.15, 0.2) is 0 Å². The number of hydrazone groups is 1. The molecule has 5 nitrogen and oxygen atoms in total. The Labute approximate surface area is 195 Å². The van der Waals surface area contributed by atoms with Crippen molar-refractivity contribution in [3.8, 4) is 0 Å². The van der Waals surface area contributed by atoms with Crippen molar-refractivity contribution in [2.75, 3.05) is 6.54 Å². The molecule has 0 spiro atoms. The summed E-state index contributed by atoms with van der Waals surface area (Å²) in [6.45, 7) is 6.18. The van der Waals surface area contributed by atoms with Crippen LogP contribution in [0.15, 0.2) is 53.6 Å². The summed E-state index contributed by atoms with van der Waals surface area (Å²) in [6, 6.07) is 15.3. The number of nitrogens with two attached hydrogens (primary N) is 1. The van der Waals surface area contributed by atoms with Gasteiger partial charge in [0, 0.05) is 28.5 Å². The zero-order valence-corrected chi connectivity index (χ0v) is 19.7. The summed E-state index contributed by atoms with van der Waals surface area (Å²) >= 11 is 6.21. The van der Waals surface area contributed by atoms with Crippen molar-refractivity contribution in [1.29, 1.82) is 0 Å². The number of halogens is 3. The molecular weight excluding hydrogens is 445 g/mol. The van der Waals surface area contributed by atoms with Crippen molar-refractivity contribution in [2.45, 2.75) is 39.3 Å². The molecule has 0 saturated carbocycles. The lowest BCUT2D eigenvalue weighted by Gasteiger charge is -2.36. The van der Waals surface area contributed by atoms with Gasteiger partial charge >= 0.3 is 0 Å². The van der Waals surface area contributed by atoms with Crippen LogP contribution in [0.1, 0.15) is 43.4 Å². The number of nitrogens with zero attached hydrogens (tertiary/aromatic N) is 2. The van der Waals surface area contributed by atoms with Gasteiger partial charge < -0.3 is 10.5 Å². The van der Waals surface area contributed by atoms with Crippen LogP contribution in [-0.4, -0.2) is 23.4 Å². The fraction of sp³-hybridized carbons (Fsp3) is 0.364. The van der Waals surface area contributed by atoms with Gasteiger partial charge in [-0.1, -0.05) is 61.8 Å². The number of carbonyl (C=O) groups is 1. The number of hydrogen-bond donors (Lipinski definition) is 1. The molecule has 0 saturated heterocycles. The van der Waals surface area contributed by atoms with E-state index in [2.05, 4.69) is 5.10 Å². The predicted molar refractivity (Wildman–Crippen MR) is 126 cm³/mol. The van der Waals surface area contributed by atoms with Crippen molar-refractivity contribution in [3.63, 3.8) is 0 Å². The van der Waals surface area contributed by atoms with Crippen LogP contribution in [0.2, 0.25) is 5.02 Å². The number of rotatable bonds is 6. The summed E-state index contributed by atoms with van der Waals surface area (Å²) in [5.74, 6) is 0.0681. The van der Waals surface area contributed by atoms with Crippen LogP contribution in [0.25, 0.3) is 0 Å². The maximum atomic E-state index is 13.1. The first kappa shape index (κ1) is 26.2. The van der Waals surface area contributed by atoms with Gasteiger partial charge in [-0.15, -0.1) is 29.9 Å². The number of aryl methyl sites for hydroxylation is 1. The molecule has 1 heterocycles. The monoisotopic (exact) mass is 471 g/mol. The van der Waals surface area contributed by atoms with Crippen molar-refractivity contribution >= 4 is 48.2 Å². The third kappa shape index (κ3) is 5.09. The molecule has 164 valence electrons. The Hall–Kier alpha value is -1.79. The minimum Gasteiger partial charge on any atom is -0.443 e. The molecule has 30 heavy (non-hydrogen) atoms. The van der Waals surface area contributed by atoms with Gasteiger partial charge in [0.25, 0.3) is 0 Å². The highest BCUT2D eigenvalue weighted by atomic mass is 35.5. The molecule has 2 aromatic carbocycles. The lowest BCUT2D eigenvalue weighted by Crippen LogP contribution is -2.46. The SMILES string of the molecule is Cc1ccc(Cl)cc1C1=NN(C(=O)C(C)C)C(CCCN)(c2ccccc2)O1.Cl.Cl. The Bertz CT molecular complexity index is 890. The summed E-state index contributed by atoms with van der Waals surface area (Å²) in [7, 11) is 0. The Morgan fingerprint density at radius 1 is 1.20 bits per heavy atom. The Kier molecular flexibility index (Phi) is 9.63. The van der Waals surface area contributed by atoms with E-state index < -0.39 is 5.72 Å². The van der Waals surface area contributed by atoms with E-state index in [1.54, 1.807) is 0 Å². The van der Waals surface area contributed by atoms with Crippen molar-refractivity contribution in [2.24, 2.45) is 16.8 Å². The van der Waals surface area contributed by atoms with Crippen LogP contribution < -0.4 is 5.73 Å². The van der Waals surface area contributed by atoms with Crippen LogP contribution >= 0.6 is 36.4 Å². The third-order valence-corrected chi connectivity index (χ3v) is 5.11. The first-order valence-corrected chi connectivity index (χ1v) is 9.90. The molecule has 1 aliphatic heterocycles. The van der Waals surface area contributed by atoms with Crippen LogP contribution in [0.3, 0.4) is 0 Å². The summed E-state index contributed by atoms with van der Waals surface area (Å²) in [6.07, 6.45) is 1.23.